The van der Waals surface area contributed by atoms with Crippen molar-refractivity contribution in [1.82, 2.24) is 4.72 Å². The zero-order valence-electron chi connectivity index (χ0n) is 8.08. The molecule has 5 heteroatoms. The average Bonchev–Trinajstić information content (AvgIpc) is 2.29. The van der Waals surface area contributed by atoms with Crippen LogP contribution in [0, 0.1) is 5.92 Å². The van der Waals surface area contributed by atoms with E-state index in [9.17, 15) is 13.5 Å². The van der Waals surface area contributed by atoms with Crippen LogP contribution in [0.25, 0.3) is 0 Å². The molecule has 1 saturated carbocycles. The van der Waals surface area contributed by atoms with Gasteiger partial charge in [0.05, 0.1) is 11.9 Å². The van der Waals surface area contributed by atoms with Crippen LogP contribution in [0.3, 0.4) is 0 Å². The molecule has 0 aromatic carbocycles. The van der Waals surface area contributed by atoms with Crippen molar-refractivity contribution < 1.29 is 13.5 Å². The first-order chi connectivity index (χ1) is 5.83. The van der Waals surface area contributed by atoms with E-state index in [0.717, 1.165) is 19.1 Å². The number of nitrogens with one attached hydrogen (secondary N) is 1. The predicted molar refractivity (Wildman–Crippen MR) is 50.8 cm³/mol. The molecule has 1 aliphatic rings. The third-order valence-corrected chi connectivity index (χ3v) is 3.47. The summed E-state index contributed by atoms with van der Waals surface area (Å²) in [5.41, 5.74) is -0.830. The van der Waals surface area contributed by atoms with Gasteiger partial charge in [-0.3, -0.25) is 0 Å². The van der Waals surface area contributed by atoms with E-state index in [1.165, 1.54) is 0 Å². The highest BCUT2D eigenvalue weighted by molar-refractivity contribution is 7.88. The standard InChI is InChI=1S/C8H17NO3S/c1-7-4-3-5-8(7,10)6-9-13(2,11)12/h7,9-10H,3-6H2,1-2H3. The molecule has 1 fully saturated rings. The van der Waals surface area contributed by atoms with Gasteiger partial charge in [0.25, 0.3) is 0 Å². The fraction of sp³-hybridized carbons (Fsp3) is 1.00. The Balaban J connectivity index is 2.53. The van der Waals surface area contributed by atoms with Crippen LogP contribution < -0.4 is 4.72 Å². The van der Waals surface area contributed by atoms with Gasteiger partial charge in [-0.05, 0) is 18.8 Å². The van der Waals surface area contributed by atoms with Crippen molar-refractivity contribution in [2.45, 2.75) is 31.8 Å². The second-order valence-electron chi connectivity index (χ2n) is 3.99. The van der Waals surface area contributed by atoms with Gasteiger partial charge in [-0.25, -0.2) is 13.1 Å². The first-order valence-electron chi connectivity index (χ1n) is 4.50. The molecule has 2 unspecified atom stereocenters. The maximum absolute atomic E-state index is 10.8. The van der Waals surface area contributed by atoms with Gasteiger partial charge >= 0.3 is 0 Å². The van der Waals surface area contributed by atoms with Gasteiger partial charge in [0.1, 0.15) is 0 Å². The third-order valence-electron chi connectivity index (χ3n) is 2.80. The first-order valence-corrected chi connectivity index (χ1v) is 6.40. The van der Waals surface area contributed by atoms with Crippen LogP contribution in [0.2, 0.25) is 0 Å². The minimum absolute atomic E-state index is 0.146. The fourth-order valence-corrected chi connectivity index (χ4v) is 2.26. The smallest absolute Gasteiger partial charge is 0.208 e. The molecule has 4 nitrogen and oxygen atoms in total. The maximum atomic E-state index is 10.8. The van der Waals surface area contributed by atoms with Crippen molar-refractivity contribution in [2.75, 3.05) is 12.8 Å². The molecule has 0 heterocycles. The Morgan fingerprint density at radius 1 is 1.62 bits per heavy atom. The average molecular weight is 207 g/mol. The summed E-state index contributed by atoms with van der Waals surface area (Å²) in [6.07, 6.45) is 3.75. The Morgan fingerprint density at radius 2 is 2.23 bits per heavy atom. The second kappa shape index (κ2) is 3.55. The van der Waals surface area contributed by atoms with E-state index in [4.69, 9.17) is 0 Å². The van der Waals surface area contributed by atoms with E-state index in [-0.39, 0.29) is 12.5 Å². The van der Waals surface area contributed by atoms with Crippen LogP contribution in [-0.2, 0) is 10.0 Å². The molecule has 0 spiro atoms. The van der Waals surface area contributed by atoms with Crippen molar-refractivity contribution in [3.05, 3.63) is 0 Å². The summed E-state index contributed by atoms with van der Waals surface area (Å²) in [4.78, 5) is 0. The number of aliphatic hydroxyl groups is 1. The molecular weight excluding hydrogens is 190 g/mol. The van der Waals surface area contributed by atoms with Crippen molar-refractivity contribution in [3.8, 4) is 0 Å². The normalized spacial score (nSPS) is 35.2. The van der Waals surface area contributed by atoms with Crippen LogP contribution in [0.4, 0.5) is 0 Å². The number of rotatable bonds is 3. The topological polar surface area (TPSA) is 66.4 Å². The Bertz CT molecular complexity index is 275. The second-order valence-corrected chi connectivity index (χ2v) is 5.82. The van der Waals surface area contributed by atoms with Crippen molar-refractivity contribution in [1.29, 1.82) is 0 Å². The van der Waals surface area contributed by atoms with Gasteiger partial charge < -0.3 is 5.11 Å². The summed E-state index contributed by atoms with van der Waals surface area (Å²) < 4.78 is 24.0. The zero-order valence-corrected chi connectivity index (χ0v) is 8.89. The lowest BCUT2D eigenvalue weighted by molar-refractivity contribution is 0.0148. The van der Waals surface area contributed by atoms with E-state index < -0.39 is 15.6 Å². The van der Waals surface area contributed by atoms with E-state index in [1.807, 2.05) is 6.92 Å². The Labute approximate surface area is 79.4 Å². The quantitative estimate of drug-likeness (QED) is 0.689. The first kappa shape index (κ1) is 10.9. The molecular formula is C8H17NO3S. The van der Waals surface area contributed by atoms with Crippen LogP contribution >= 0.6 is 0 Å². The molecule has 0 bridgehead atoms. The Morgan fingerprint density at radius 3 is 2.62 bits per heavy atom. The molecule has 2 N–H and O–H groups in total. The molecule has 13 heavy (non-hydrogen) atoms. The van der Waals surface area contributed by atoms with E-state index in [1.54, 1.807) is 0 Å². The Kier molecular flexibility index (Phi) is 2.99. The number of hydrogen-bond acceptors (Lipinski definition) is 3. The van der Waals surface area contributed by atoms with Gasteiger partial charge in [0.15, 0.2) is 0 Å². The highest BCUT2D eigenvalue weighted by Crippen LogP contribution is 2.34. The number of hydrogen-bond donors (Lipinski definition) is 2. The molecule has 0 aliphatic heterocycles. The summed E-state index contributed by atoms with van der Waals surface area (Å²) in [7, 11) is -3.18. The molecule has 1 rings (SSSR count). The van der Waals surface area contributed by atoms with E-state index >= 15 is 0 Å². The zero-order chi connectivity index (χ0) is 10.1. The van der Waals surface area contributed by atoms with Crippen molar-refractivity contribution in [2.24, 2.45) is 5.92 Å². The van der Waals surface area contributed by atoms with E-state index in [2.05, 4.69) is 4.72 Å². The Hall–Kier alpha value is -0.130. The lowest BCUT2D eigenvalue weighted by Gasteiger charge is -2.27. The predicted octanol–water partition coefficient (Wildman–Crippen LogP) is 0.0867. The van der Waals surface area contributed by atoms with E-state index in [0.29, 0.717) is 6.42 Å². The van der Waals surface area contributed by atoms with Crippen molar-refractivity contribution >= 4 is 10.0 Å². The molecule has 78 valence electrons. The molecule has 2 atom stereocenters. The number of sulfonamides is 1. The van der Waals surface area contributed by atoms with Gasteiger partial charge in [0, 0.05) is 6.54 Å². The van der Waals surface area contributed by atoms with Gasteiger partial charge in [-0.2, -0.15) is 0 Å². The largest absolute Gasteiger partial charge is 0.388 e. The monoisotopic (exact) mass is 207 g/mol. The minimum Gasteiger partial charge on any atom is -0.388 e. The summed E-state index contributed by atoms with van der Waals surface area (Å²) in [5, 5.41) is 10.00. The lowest BCUT2D eigenvalue weighted by atomic mass is 9.93. The molecule has 0 aromatic heterocycles. The minimum atomic E-state index is -3.18. The van der Waals surface area contributed by atoms with Crippen LogP contribution in [0.1, 0.15) is 26.2 Å². The molecule has 0 aromatic rings. The summed E-state index contributed by atoms with van der Waals surface area (Å²) >= 11 is 0. The van der Waals surface area contributed by atoms with Gasteiger partial charge in [0.2, 0.25) is 10.0 Å². The molecule has 0 radical (unpaired) electrons. The van der Waals surface area contributed by atoms with Crippen LogP contribution in [0.15, 0.2) is 0 Å². The summed E-state index contributed by atoms with van der Waals surface area (Å²) in [6, 6.07) is 0. The lowest BCUT2D eigenvalue weighted by Crippen LogP contribution is -2.44. The van der Waals surface area contributed by atoms with Crippen LogP contribution in [0.5, 0.6) is 0 Å². The third kappa shape index (κ3) is 2.93. The van der Waals surface area contributed by atoms with Gasteiger partial charge in [-0.1, -0.05) is 13.3 Å². The molecule has 0 amide bonds. The highest BCUT2D eigenvalue weighted by atomic mass is 32.2. The van der Waals surface area contributed by atoms with Gasteiger partial charge in [-0.15, -0.1) is 0 Å². The SMILES string of the molecule is CC1CCCC1(O)CNS(C)(=O)=O. The van der Waals surface area contributed by atoms with Crippen LogP contribution in [-0.4, -0.2) is 31.9 Å². The highest BCUT2D eigenvalue weighted by Gasteiger charge is 2.38. The van der Waals surface area contributed by atoms with Crippen molar-refractivity contribution in [3.63, 3.8) is 0 Å². The fourth-order valence-electron chi connectivity index (χ4n) is 1.75. The summed E-state index contributed by atoms with van der Waals surface area (Å²) in [6.45, 7) is 2.10. The molecule has 0 saturated heterocycles. The summed E-state index contributed by atoms with van der Waals surface area (Å²) in [5.74, 6) is 0.182. The maximum Gasteiger partial charge on any atom is 0.208 e. The molecule has 1 aliphatic carbocycles.